The highest BCUT2D eigenvalue weighted by Gasteiger charge is 2.10. The van der Waals surface area contributed by atoms with E-state index in [1.165, 1.54) is 0 Å². The normalized spacial score (nSPS) is 11.9. The third kappa shape index (κ3) is 6.22. The van der Waals surface area contributed by atoms with Gasteiger partial charge in [-0.1, -0.05) is 12.1 Å². The van der Waals surface area contributed by atoms with Gasteiger partial charge in [-0.3, -0.25) is 4.79 Å². The average Bonchev–Trinajstić information content (AvgIpc) is 2.39. The molecule has 1 aromatic rings. The summed E-state index contributed by atoms with van der Waals surface area (Å²) in [5.41, 5.74) is 1.06. The number of rotatable bonds is 8. The van der Waals surface area contributed by atoms with Crippen LogP contribution in [0.2, 0.25) is 0 Å². The van der Waals surface area contributed by atoms with Gasteiger partial charge in [0.05, 0.1) is 26.2 Å². The molecule has 0 aliphatic heterocycles. The molecule has 1 aromatic carbocycles. The van der Waals surface area contributed by atoms with E-state index in [2.05, 4.69) is 5.32 Å². The molecule has 0 spiro atoms. The van der Waals surface area contributed by atoms with Crippen molar-refractivity contribution in [3.05, 3.63) is 29.8 Å². The van der Waals surface area contributed by atoms with Crippen LogP contribution >= 0.6 is 0 Å². The van der Waals surface area contributed by atoms with Crippen molar-refractivity contribution in [2.75, 3.05) is 20.3 Å². The first-order valence-corrected chi connectivity index (χ1v) is 6.33. The zero-order chi connectivity index (χ0) is 14.1. The predicted molar refractivity (Wildman–Crippen MR) is 72.0 cm³/mol. The lowest BCUT2D eigenvalue weighted by Gasteiger charge is -2.11. The molecular formula is C14H21NO4. The van der Waals surface area contributed by atoms with Crippen LogP contribution in [0, 0.1) is 0 Å². The average molecular weight is 267 g/mol. The molecule has 0 fully saturated rings. The Kier molecular flexibility index (Phi) is 6.92. The van der Waals surface area contributed by atoms with Gasteiger partial charge in [-0.05, 0) is 24.6 Å². The molecular weight excluding hydrogens is 246 g/mol. The maximum Gasteiger partial charge on any atom is 0.308 e. The minimum Gasteiger partial charge on any atom is -0.497 e. The van der Waals surface area contributed by atoms with Crippen molar-refractivity contribution in [1.82, 2.24) is 5.32 Å². The van der Waals surface area contributed by atoms with Crippen LogP contribution in [0.4, 0.5) is 0 Å². The molecule has 2 N–H and O–H groups in total. The topological polar surface area (TPSA) is 67.8 Å². The smallest absolute Gasteiger partial charge is 0.308 e. The second kappa shape index (κ2) is 8.50. The van der Waals surface area contributed by atoms with Crippen LogP contribution < -0.4 is 10.1 Å². The number of carbonyl (C=O) groups is 1. The van der Waals surface area contributed by atoms with Crippen molar-refractivity contribution < 1.29 is 19.4 Å². The Bertz CT molecular complexity index is 395. The molecule has 0 saturated heterocycles. The first kappa shape index (κ1) is 15.5. The minimum atomic E-state index is -0.732. The van der Waals surface area contributed by atoms with E-state index in [0.717, 1.165) is 11.3 Å². The second-order valence-corrected chi connectivity index (χ2v) is 4.15. The molecule has 0 amide bonds. The summed E-state index contributed by atoms with van der Waals surface area (Å²) in [6.07, 6.45) is -0.719. The Hall–Kier alpha value is -1.59. The van der Waals surface area contributed by atoms with Gasteiger partial charge in [0, 0.05) is 13.1 Å². The van der Waals surface area contributed by atoms with E-state index in [1.807, 2.05) is 24.3 Å². The number of hydrogen-bond donors (Lipinski definition) is 2. The summed E-state index contributed by atoms with van der Waals surface area (Å²) < 4.78 is 9.89. The lowest BCUT2D eigenvalue weighted by Crippen LogP contribution is -2.29. The zero-order valence-corrected chi connectivity index (χ0v) is 11.4. The van der Waals surface area contributed by atoms with Crippen LogP contribution in [0.3, 0.4) is 0 Å². The molecule has 0 radical (unpaired) electrons. The van der Waals surface area contributed by atoms with E-state index >= 15 is 0 Å². The van der Waals surface area contributed by atoms with Crippen molar-refractivity contribution >= 4 is 5.97 Å². The molecule has 0 aliphatic carbocycles. The van der Waals surface area contributed by atoms with Crippen LogP contribution in [-0.4, -0.2) is 37.4 Å². The summed E-state index contributed by atoms with van der Waals surface area (Å²) in [7, 11) is 1.62. The van der Waals surface area contributed by atoms with Crippen molar-refractivity contribution in [3.8, 4) is 5.75 Å². The minimum absolute atomic E-state index is 0.0128. The fraction of sp³-hybridized carbons (Fsp3) is 0.500. The number of nitrogens with one attached hydrogen (secondary N) is 1. The number of esters is 1. The third-order valence-corrected chi connectivity index (χ3v) is 2.55. The van der Waals surface area contributed by atoms with E-state index in [9.17, 15) is 9.90 Å². The number of benzene rings is 1. The lowest BCUT2D eigenvalue weighted by atomic mass is 10.2. The molecule has 0 aliphatic rings. The Labute approximate surface area is 113 Å². The van der Waals surface area contributed by atoms with Crippen LogP contribution in [0.15, 0.2) is 24.3 Å². The Balaban J connectivity index is 2.27. The molecule has 19 heavy (non-hydrogen) atoms. The van der Waals surface area contributed by atoms with E-state index < -0.39 is 6.10 Å². The Morgan fingerprint density at radius 3 is 2.95 bits per heavy atom. The molecule has 106 valence electrons. The highest BCUT2D eigenvalue weighted by atomic mass is 16.5. The van der Waals surface area contributed by atoms with Gasteiger partial charge in [-0.25, -0.2) is 0 Å². The van der Waals surface area contributed by atoms with Crippen LogP contribution in [0.1, 0.15) is 18.9 Å². The second-order valence-electron chi connectivity index (χ2n) is 4.15. The number of carbonyl (C=O) groups excluding carboxylic acids is 1. The summed E-state index contributed by atoms with van der Waals surface area (Å²) in [5.74, 6) is 0.421. The van der Waals surface area contributed by atoms with Gasteiger partial charge < -0.3 is 19.9 Å². The number of aliphatic hydroxyl groups is 1. The first-order valence-electron chi connectivity index (χ1n) is 6.33. The summed E-state index contributed by atoms with van der Waals surface area (Å²) in [4.78, 5) is 11.1. The highest BCUT2D eigenvalue weighted by molar-refractivity contribution is 5.69. The Morgan fingerprint density at radius 2 is 2.26 bits per heavy atom. The summed E-state index contributed by atoms with van der Waals surface area (Å²) in [5, 5.41) is 12.7. The molecule has 0 bridgehead atoms. The van der Waals surface area contributed by atoms with Gasteiger partial charge in [-0.15, -0.1) is 0 Å². The number of ether oxygens (including phenoxy) is 2. The van der Waals surface area contributed by atoms with E-state index in [-0.39, 0.29) is 12.4 Å². The van der Waals surface area contributed by atoms with Crippen LogP contribution in [0.25, 0.3) is 0 Å². The number of hydrogen-bond acceptors (Lipinski definition) is 5. The zero-order valence-electron chi connectivity index (χ0n) is 11.4. The standard InChI is InChI=1S/C14H21NO4/c1-3-19-14(17)8-12(16)10-15-9-11-5-4-6-13(7-11)18-2/h4-7,12,15-16H,3,8-10H2,1-2H3. The quantitative estimate of drug-likeness (QED) is 0.690. The van der Waals surface area contributed by atoms with Crippen LogP contribution in [-0.2, 0) is 16.1 Å². The van der Waals surface area contributed by atoms with Gasteiger partial charge in [0.2, 0.25) is 0 Å². The number of methoxy groups -OCH3 is 1. The van der Waals surface area contributed by atoms with Gasteiger partial charge >= 0.3 is 5.97 Å². The van der Waals surface area contributed by atoms with E-state index in [0.29, 0.717) is 19.7 Å². The SMILES string of the molecule is CCOC(=O)CC(O)CNCc1cccc(OC)c1. The van der Waals surface area contributed by atoms with Crippen molar-refractivity contribution in [2.24, 2.45) is 0 Å². The molecule has 5 nitrogen and oxygen atoms in total. The summed E-state index contributed by atoms with van der Waals surface area (Å²) in [6.45, 7) is 3.03. The molecule has 1 unspecified atom stereocenters. The Morgan fingerprint density at radius 1 is 1.47 bits per heavy atom. The predicted octanol–water partition coefficient (Wildman–Crippen LogP) is 1.10. The van der Waals surface area contributed by atoms with Crippen molar-refractivity contribution in [1.29, 1.82) is 0 Å². The fourth-order valence-corrected chi connectivity index (χ4v) is 1.65. The largest absolute Gasteiger partial charge is 0.497 e. The molecule has 0 heterocycles. The molecule has 1 rings (SSSR count). The lowest BCUT2D eigenvalue weighted by molar-refractivity contribution is -0.145. The van der Waals surface area contributed by atoms with E-state index in [1.54, 1.807) is 14.0 Å². The molecule has 0 saturated carbocycles. The molecule has 0 aromatic heterocycles. The van der Waals surface area contributed by atoms with Crippen molar-refractivity contribution in [2.45, 2.75) is 26.0 Å². The summed E-state index contributed by atoms with van der Waals surface area (Å²) >= 11 is 0. The number of aliphatic hydroxyl groups excluding tert-OH is 1. The monoisotopic (exact) mass is 267 g/mol. The van der Waals surface area contributed by atoms with Gasteiger partial charge in [0.15, 0.2) is 0 Å². The van der Waals surface area contributed by atoms with Crippen molar-refractivity contribution in [3.63, 3.8) is 0 Å². The van der Waals surface area contributed by atoms with Gasteiger partial charge in [-0.2, -0.15) is 0 Å². The maximum atomic E-state index is 11.1. The fourth-order valence-electron chi connectivity index (χ4n) is 1.65. The maximum absolute atomic E-state index is 11.1. The van der Waals surface area contributed by atoms with Gasteiger partial charge in [0.25, 0.3) is 0 Å². The first-order chi connectivity index (χ1) is 9.15. The van der Waals surface area contributed by atoms with Gasteiger partial charge in [0.1, 0.15) is 5.75 Å². The van der Waals surface area contributed by atoms with E-state index in [4.69, 9.17) is 9.47 Å². The summed E-state index contributed by atoms with van der Waals surface area (Å²) in [6, 6.07) is 7.67. The highest BCUT2D eigenvalue weighted by Crippen LogP contribution is 2.12. The van der Waals surface area contributed by atoms with Crippen LogP contribution in [0.5, 0.6) is 5.75 Å². The molecule has 5 heteroatoms. The molecule has 1 atom stereocenters. The third-order valence-electron chi connectivity index (χ3n) is 2.55.